The van der Waals surface area contributed by atoms with Gasteiger partial charge in [0.2, 0.25) is 10.0 Å². The molecule has 0 bridgehead atoms. The van der Waals surface area contributed by atoms with Gasteiger partial charge < -0.3 is 5.32 Å². The van der Waals surface area contributed by atoms with Crippen molar-refractivity contribution in [1.29, 1.82) is 0 Å². The molecule has 2 aromatic carbocycles. The zero-order chi connectivity index (χ0) is 20.3. The minimum Gasteiger partial charge on any atom is -0.345 e. The van der Waals surface area contributed by atoms with Crippen molar-refractivity contribution in [1.82, 2.24) is 10.0 Å². The predicted octanol–water partition coefficient (Wildman–Crippen LogP) is 3.95. The summed E-state index contributed by atoms with van der Waals surface area (Å²) >= 11 is 1.46. The first-order chi connectivity index (χ1) is 13.3. The zero-order valence-electron chi connectivity index (χ0n) is 15.3. The van der Waals surface area contributed by atoms with Gasteiger partial charge in [0.1, 0.15) is 5.82 Å². The average molecular weight is 419 g/mol. The largest absolute Gasteiger partial charge is 0.345 e. The third-order valence-corrected chi connectivity index (χ3v) is 6.63. The molecule has 0 unspecified atom stereocenters. The number of thiophene rings is 1. The van der Waals surface area contributed by atoms with Crippen LogP contribution >= 0.6 is 11.3 Å². The first-order valence-electron chi connectivity index (χ1n) is 8.49. The van der Waals surface area contributed by atoms with Crippen LogP contribution in [0.3, 0.4) is 0 Å². The van der Waals surface area contributed by atoms with Crippen LogP contribution in [-0.4, -0.2) is 21.4 Å². The summed E-state index contributed by atoms with van der Waals surface area (Å²) < 4.78 is 39.7. The number of hydrogen-bond donors (Lipinski definition) is 2. The van der Waals surface area contributed by atoms with Crippen LogP contribution in [0.4, 0.5) is 4.39 Å². The van der Waals surface area contributed by atoms with Crippen molar-refractivity contribution in [2.24, 2.45) is 0 Å². The fraction of sp³-hybridized carbons (Fsp3) is 0.150. The summed E-state index contributed by atoms with van der Waals surface area (Å²) in [5.41, 5.74) is 1.65. The summed E-state index contributed by atoms with van der Waals surface area (Å²) in [5, 5.41) is 4.74. The van der Waals surface area contributed by atoms with Crippen LogP contribution in [-0.2, 0) is 10.0 Å². The Hall–Kier alpha value is -2.55. The molecular formula is C20H19FN2O3S2. The molecule has 8 heteroatoms. The topological polar surface area (TPSA) is 75.3 Å². The third kappa shape index (κ3) is 4.30. The number of carbonyl (C=O) groups excluding carboxylic acids is 1. The van der Waals surface area contributed by atoms with Gasteiger partial charge in [-0.1, -0.05) is 24.3 Å². The van der Waals surface area contributed by atoms with E-state index in [9.17, 15) is 17.6 Å². The molecule has 0 spiro atoms. The van der Waals surface area contributed by atoms with Gasteiger partial charge in [-0.05, 0) is 55.2 Å². The lowest BCUT2D eigenvalue weighted by molar-refractivity contribution is 0.0940. The van der Waals surface area contributed by atoms with Gasteiger partial charge >= 0.3 is 0 Å². The number of nitrogens with one attached hydrogen (secondary N) is 2. The first kappa shape index (κ1) is 20.2. The van der Waals surface area contributed by atoms with Crippen molar-refractivity contribution in [3.8, 4) is 10.4 Å². The Labute approximate surface area is 167 Å². The third-order valence-electron chi connectivity index (χ3n) is 4.32. The lowest BCUT2D eigenvalue weighted by Gasteiger charge is -2.17. The molecule has 1 atom stereocenters. The zero-order valence-corrected chi connectivity index (χ0v) is 16.9. The van der Waals surface area contributed by atoms with E-state index in [1.54, 1.807) is 25.1 Å². The van der Waals surface area contributed by atoms with E-state index in [1.165, 1.54) is 42.6 Å². The Balaban J connectivity index is 1.98. The van der Waals surface area contributed by atoms with Crippen LogP contribution in [0.1, 0.15) is 28.9 Å². The van der Waals surface area contributed by atoms with Gasteiger partial charge in [0.05, 0.1) is 10.9 Å². The Morgan fingerprint density at radius 2 is 1.82 bits per heavy atom. The molecule has 3 rings (SSSR count). The highest BCUT2D eigenvalue weighted by atomic mass is 32.2. The minimum absolute atomic E-state index is 0.00916. The highest BCUT2D eigenvalue weighted by molar-refractivity contribution is 7.89. The highest BCUT2D eigenvalue weighted by Gasteiger charge is 2.21. The standard InChI is InChI=1S/C20H19FN2O3S2/c1-13(14-5-7-15(21)8-6-14)23-20(24)18-12-16(28(25,26)22-2)9-10-17(18)19-4-3-11-27-19/h3-13,22H,1-2H3,(H,23,24)/t13-/m0/s1. The molecule has 1 aromatic heterocycles. The molecule has 5 nitrogen and oxygen atoms in total. The molecule has 0 aliphatic carbocycles. The van der Waals surface area contributed by atoms with Crippen molar-refractivity contribution in [2.75, 3.05) is 7.05 Å². The van der Waals surface area contributed by atoms with Gasteiger partial charge in [-0.2, -0.15) is 0 Å². The maximum Gasteiger partial charge on any atom is 0.252 e. The van der Waals surface area contributed by atoms with E-state index in [4.69, 9.17) is 0 Å². The Kier molecular flexibility index (Phi) is 5.93. The monoisotopic (exact) mass is 418 g/mol. The van der Waals surface area contributed by atoms with Crippen LogP contribution in [0.5, 0.6) is 0 Å². The van der Waals surface area contributed by atoms with Crippen LogP contribution in [0.25, 0.3) is 10.4 Å². The van der Waals surface area contributed by atoms with E-state index < -0.39 is 15.9 Å². The molecule has 0 radical (unpaired) electrons. The summed E-state index contributed by atoms with van der Waals surface area (Å²) in [7, 11) is -2.38. The summed E-state index contributed by atoms with van der Waals surface area (Å²) in [5.74, 6) is -0.763. The predicted molar refractivity (Wildman–Crippen MR) is 108 cm³/mol. The Morgan fingerprint density at radius 1 is 1.11 bits per heavy atom. The number of halogens is 1. The highest BCUT2D eigenvalue weighted by Crippen LogP contribution is 2.30. The fourth-order valence-corrected chi connectivity index (χ4v) is 4.27. The first-order valence-corrected chi connectivity index (χ1v) is 10.9. The van der Waals surface area contributed by atoms with Gasteiger partial charge in [-0.15, -0.1) is 11.3 Å². The van der Waals surface area contributed by atoms with E-state index in [0.717, 1.165) is 10.4 Å². The maximum absolute atomic E-state index is 13.1. The van der Waals surface area contributed by atoms with Crippen molar-refractivity contribution < 1.29 is 17.6 Å². The molecule has 1 heterocycles. The average Bonchev–Trinajstić information content (AvgIpc) is 3.22. The Bertz CT molecular complexity index is 1080. The number of rotatable bonds is 6. The van der Waals surface area contributed by atoms with Crippen LogP contribution in [0.15, 0.2) is 64.9 Å². The minimum atomic E-state index is -3.69. The van der Waals surface area contributed by atoms with E-state index in [0.29, 0.717) is 5.56 Å². The molecule has 2 N–H and O–H groups in total. The number of carbonyl (C=O) groups is 1. The van der Waals surface area contributed by atoms with E-state index >= 15 is 0 Å². The molecule has 3 aromatic rings. The quantitative estimate of drug-likeness (QED) is 0.636. The molecule has 0 saturated heterocycles. The normalized spacial score (nSPS) is 12.5. The van der Waals surface area contributed by atoms with Crippen molar-refractivity contribution in [3.63, 3.8) is 0 Å². The number of amides is 1. The fourth-order valence-electron chi connectivity index (χ4n) is 2.75. The SMILES string of the molecule is CNS(=O)(=O)c1ccc(-c2cccs2)c(C(=O)N[C@@H](C)c2ccc(F)cc2)c1. The summed E-state index contributed by atoms with van der Waals surface area (Å²) in [6, 6.07) is 13.7. The molecule has 0 aliphatic heterocycles. The lowest BCUT2D eigenvalue weighted by atomic mass is 10.0. The van der Waals surface area contributed by atoms with E-state index in [1.807, 2.05) is 17.5 Å². The van der Waals surface area contributed by atoms with Crippen molar-refractivity contribution in [2.45, 2.75) is 17.9 Å². The smallest absolute Gasteiger partial charge is 0.252 e. The molecule has 0 fully saturated rings. The molecule has 146 valence electrons. The lowest BCUT2D eigenvalue weighted by Crippen LogP contribution is -2.27. The van der Waals surface area contributed by atoms with Crippen LogP contribution < -0.4 is 10.0 Å². The second kappa shape index (κ2) is 8.22. The number of sulfonamides is 1. The van der Waals surface area contributed by atoms with Gasteiger partial charge in [0, 0.05) is 16.0 Å². The molecular weight excluding hydrogens is 399 g/mol. The van der Waals surface area contributed by atoms with Gasteiger partial charge in [0.25, 0.3) is 5.91 Å². The molecule has 0 aliphatic rings. The van der Waals surface area contributed by atoms with Crippen molar-refractivity contribution >= 4 is 27.3 Å². The Morgan fingerprint density at radius 3 is 2.43 bits per heavy atom. The molecule has 0 saturated carbocycles. The van der Waals surface area contributed by atoms with Gasteiger partial charge in [-0.3, -0.25) is 4.79 Å². The van der Waals surface area contributed by atoms with Gasteiger partial charge in [0.15, 0.2) is 0 Å². The molecule has 28 heavy (non-hydrogen) atoms. The summed E-state index contributed by atoms with van der Waals surface area (Å²) in [6.07, 6.45) is 0. The summed E-state index contributed by atoms with van der Waals surface area (Å²) in [4.78, 5) is 13.8. The molecule has 1 amide bonds. The van der Waals surface area contributed by atoms with Crippen molar-refractivity contribution in [3.05, 3.63) is 76.9 Å². The summed E-state index contributed by atoms with van der Waals surface area (Å²) in [6.45, 7) is 1.78. The second-order valence-corrected chi connectivity index (χ2v) is 8.97. The number of benzene rings is 2. The maximum atomic E-state index is 13.1. The van der Waals surface area contributed by atoms with Crippen LogP contribution in [0.2, 0.25) is 0 Å². The van der Waals surface area contributed by atoms with E-state index in [-0.39, 0.29) is 22.3 Å². The van der Waals surface area contributed by atoms with E-state index in [2.05, 4.69) is 10.0 Å². The number of hydrogen-bond acceptors (Lipinski definition) is 4. The van der Waals surface area contributed by atoms with Gasteiger partial charge in [-0.25, -0.2) is 17.5 Å². The van der Waals surface area contributed by atoms with Crippen LogP contribution in [0, 0.1) is 5.82 Å². The second-order valence-electron chi connectivity index (χ2n) is 6.14.